The predicted molar refractivity (Wildman–Crippen MR) is 148 cm³/mol. The lowest BCUT2D eigenvalue weighted by Crippen LogP contribution is -2.44. The van der Waals surface area contributed by atoms with Crippen molar-refractivity contribution in [3.8, 4) is 5.82 Å². The number of nitrogens with one attached hydrogen (secondary N) is 1. The van der Waals surface area contributed by atoms with Crippen LogP contribution >= 0.6 is 0 Å². The van der Waals surface area contributed by atoms with Crippen LogP contribution in [0.5, 0.6) is 0 Å². The molecular formula is C28H32N8O2. The van der Waals surface area contributed by atoms with Crippen molar-refractivity contribution in [3.63, 3.8) is 0 Å². The first-order valence-corrected chi connectivity index (χ1v) is 13.0. The monoisotopic (exact) mass is 512 g/mol. The molecule has 0 amide bonds. The lowest BCUT2D eigenvalue weighted by molar-refractivity contribution is 0.0443. The number of aliphatic hydroxyl groups is 1. The van der Waals surface area contributed by atoms with Crippen molar-refractivity contribution in [2.75, 3.05) is 43.4 Å². The Balaban J connectivity index is 1.36. The van der Waals surface area contributed by atoms with Gasteiger partial charge in [0.05, 0.1) is 12.2 Å². The third-order valence-electron chi connectivity index (χ3n) is 7.41. The molecule has 38 heavy (non-hydrogen) atoms. The fraction of sp³-hybridized carbons (Fsp3) is 0.357. The fourth-order valence-electron chi connectivity index (χ4n) is 5.06. The summed E-state index contributed by atoms with van der Waals surface area (Å²) in [6.07, 6.45) is 6.70. The molecule has 4 aromatic rings. The van der Waals surface area contributed by atoms with Gasteiger partial charge >= 0.3 is 0 Å². The summed E-state index contributed by atoms with van der Waals surface area (Å²) in [7, 11) is 2.15. The molecule has 2 bridgehead atoms. The van der Waals surface area contributed by atoms with Crippen molar-refractivity contribution in [3.05, 3.63) is 76.9 Å². The first-order valence-electron chi connectivity index (χ1n) is 13.0. The number of aromatic nitrogens is 5. The predicted octanol–water partition coefficient (Wildman–Crippen LogP) is 3.03. The van der Waals surface area contributed by atoms with E-state index in [0.717, 1.165) is 31.9 Å². The first-order chi connectivity index (χ1) is 18.4. The Morgan fingerprint density at radius 1 is 1.00 bits per heavy atom. The number of likely N-dealkylation sites (N-methyl/N-ethyl adjacent to an activating group) is 1. The van der Waals surface area contributed by atoms with Gasteiger partial charge in [-0.25, -0.2) is 19.3 Å². The van der Waals surface area contributed by atoms with E-state index in [4.69, 9.17) is 9.97 Å². The molecule has 6 rings (SSSR count). The SMILES string of the molecule is CN1CCN(c2ccc(Nc3ncc4c(=O)n5n(c4n3)-c3cccc(n3)C(C)(O)CC/C=C\C5)cc2)CC1. The highest BCUT2D eigenvalue weighted by molar-refractivity contribution is 5.77. The number of hydrogen-bond acceptors (Lipinski definition) is 8. The van der Waals surface area contributed by atoms with Crippen molar-refractivity contribution >= 4 is 28.4 Å². The number of anilines is 3. The van der Waals surface area contributed by atoms with Crippen molar-refractivity contribution in [2.45, 2.75) is 31.9 Å². The number of hydrogen-bond donors (Lipinski definition) is 2. The molecule has 196 valence electrons. The van der Waals surface area contributed by atoms with Crippen LogP contribution in [-0.2, 0) is 12.1 Å². The smallest absolute Gasteiger partial charge is 0.278 e. The number of allylic oxidation sites excluding steroid dienone is 2. The molecule has 0 spiro atoms. The molecule has 5 heterocycles. The molecule has 1 saturated heterocycles. The van der Waals surface area contributed by atoms with Gasteiger partial charge in [0, 0.05) is 43.8 Å². The summed E-state index contributed by atoms with van der Waals surface area (Å²) in [6.45, 7) is 6.26. The second-order valence-corrected chi connectivity index (χ2v) is 10.3. The summed E-state index contributed by atoms with van der Waals surface area (Å²) in [6, 6.07) is 13.7. The molecule has 1 atom stereocenters. The van der Waals surface area contributed by atoms with Gasteiger partial charge < -0.3 is 20.2 Å². The zero-order valence-corrected chi connectivity index (χ0v) is 21.7. The molecule has 0 radical (unpaired) electrons. The molecule has 1 unspecified atom stereocenters. The van der Waals surface area contributed by atoms with Crippen molar-refractivity contribution in [1.29, 1.82) is 0 Å². The Kier molecular flexibility index (Phi) is 6.21. The van der Waals surface area contributed by atoms with E-state index in [1.54, 1.807) is 22.5 Å². The van der Waals surface area contributed by atoms with Gasteiger partial charge in [-0.2, -0.15) is 4.98 Å². The summed E-state index contributed by atoms with van der Waals surface area (Å²) < 4.78 is 3.33. The average molecular weight is 513 g/mol. The highest BCUT2D eigenvalue weighted by Crippen LogP contribution is 2.27. The lowest BCUT2D eigenvalue weighted by Gasteiger charge is -2.34. The molecule has 10 nitrogen and oxygen atoms in total. The minimum atomic E-state index is -1.09. The molecular weight excluding hydrogens is 480 g/mol. The van der Waals surface area contributed by atoms with Gasteiger partial charge in [-0.05, 0) is 63.2 Å². The Morgan fingerprint density at radius 2 is 1.79 bits per heavy atom. The third-order valence-corrected chi connectivity index (χ3v) is 7.41. The second-order valence-electron chi connectivity index (χ2n) is 10.3. The Morgan fingerprint density at radius 3 is 2.58 bits per heavy atom. The summed E-state index contributed by atoms with van der Waals surface area (Å²) in [5, 5.41) is 14.7. The summed E-state index contributed by atoms with van der Waals surface area (Å²) in [5.41, 5.74) is 1.79. The van der Waals surface area contributed by atoms with E-state index < -0.39 is 5.60 Å². The molecule has 0 saturated carbocycles. The van der Waals surface area contributed by atoms with E-state index in [9.17, 15) is 9.90 Å². The molecule has 3 aromatic heterocycles. The van der Waals surface area contributed by atoms with Crippen LogP contribution in [-0.4, -0.2) is 67.5 Å². The average Bonchev–Trinajstić information content (AvgIpc) is 3.19. The number of rotatable bonds is 3. The van der Waals surface area contributed by atoms with Crippen molar-refractivity contribution in [2.24, 2.45) is 0 Å². The number of benzene rings is 1. The number of pyridine rings is 1. The van der Waals surface area contributed by atoms with E-state index in [2.05, 4.69) is 39.3 Å². The maximum atomic E-state index is 13.3. The molecule has 1 aromatic carbocycles. The minimum Gasteiger partial charge on any atom is -0.384 e. The number of piperazine rings is 1. The zero-order chi connectivity index (χ0) is 26.3. The van der Waals surface area contributed by atoms with Crippen LogP contribution < -0.4 is 15.8 Å². The molecule has 0 aliphatic carbocycles. The van der Waals surface area contributed by atoms with Crippen LogP contribution in [0, 0.1) is 0 Å². The van der Waals surface area contributed by atoms with Crippen LogP contribution in [0.15, 0.2) is 65.6 Å². The zero-order valence-electron chi connectivity index (χ0n) is 21.7. The fourth-order valence-corrected chi connectivity index (χ4v) is 5.06. The second kappa shape index (κ2) is 9.70. The van der Waals surface area contributed by atoms with Crippen LogP contribution in [0.25, 0.3) is 16.9 Å². The Bertz CT molecular complexity index is 1550. The van der Waals surface area contributed by atoms with Gasteiger partial charge in [0.15, 0.2) is 11.5 Å². The van der Waals surface area contributed by atoms with Crippen LogP contribution in [0.3, 0.4) is 0 Å². The van der Waals surface area contributed by atoms with Crippen LogP contribution in [0.2, 0.25) is 0 Å². The topological polar surface area (TPSA) is 104 Å². The van der Waals surface area contributed by atoms with Crippen molar-refractivity contribution < 1.29 is 5.11 Å². The molecule has 1 fully saturated rings. The van der Waals surface area contributed by atoms with Gasteiger partial charge in [0.25, 0.3) is 5.56 Å². The highest BCUT2D eigenvalue weighted by atomic mass is 16.3. The maximum absolute atomic E-state index is 13.3. The number of nitrogens with zero attached hydrogens (tertiary/aromatic N) is 7. The summed E-state index contributed by atoms with van der Waals surface area (Å²) in [4.78, 5) is 32.0. The van der Waals surface area contributed by atoms with Crippen molar-refractivity contribution in [1.82, 2.24) is 29.2 Å². The van der Waals surface area contributed by atoms with Gasteiger partial charge in [-0.15, -0.1) is 0 Å². The highest BCUT2D eigenvalue weighted by Gasteiger charge is 2.26. The number of fused-ring (bicyclic) bond motifs is 6. The van der Waals surface area contributed by atoms with E-state index in [-0.39, 0.29) is 5.56 Å². The summed E-state index contributed by atoms with van der Waals surface area (Å²) in [5.74, 6) is 0.908. The Labute approximate surface area is 220 Å². The van der Waals surface area contributed by atoms with E-state index in [1.807, 2.05) is 42.5 Å². The van der Waals surface area contributed by atoms with E-state index in [1.165, 1.54) is 5.69 Å². The normalized spacial score (nSPS) is 21.1. The van der Waals surface area contributed by atoms with E-state index in [0.29, 0.717) is 47.9 Å². The standard InChI is InChI=1S/C28H32N8O2/c1-28(38)13-4-3-5-14-35-26(37)22-19-29-27(32-25(22)36(35)24-8-6-7-23(28)31-24)30-20-9-11-21(12-10-20)34-17-15-33(2)16-18-34/h3,5-12,19,38H,4,13-18H2,1-2H3,(H,29,30,32)/b5-3-. The van der Waals surface area contributed by atoms with Crippen LogP contribution in [0.1, 0.15) is 25.5 Å². The van der Waals surface area contributed by atoms with E-state index >= 15 is 0 Å². The van der Waals surface area contributed by atoms with Crippen LogP contribution in [0.4, 0.5) is 17.3 Å². The van der Waals surface area contributed by atoms with Gasteiger partial charge in [0.1, 0.15) is 11.0 Å². The van der Waals surface area contributed by atoms with Gasteiger partial charge in [0.2, 0.25) is 5.95 Å². The molecule has 10 heteroatoms. The molecule has 2 aliphatic rings. The van der Waals surface area contributed by atoms with Gasteiger partial charge in [-0.3, -0.25) is 4.79 Å². The minimum absolute atomic E-state index is 0.189. The lowest BCUT2D eigenvalue weighted by atomic mass is 9.95. The molecule has 2 aliphatic heterocycles. The van der Waals surface area contributed by atoms with Gasteiger partial charge in [-0.1, -0.05) is 18.2 Å². The third kappa shape index (κ3) is 4.57. The summed E-state index contributed by atoms with van der Waals surface area (Å²) >= 11 is 0. The first kappa shape index (κ1) is 24.3. The Hall–Kier alpha value is -4.02. The molecule has 2 N–H and O–H groups in total. The maximum Gasteiger partial charge on any atom is 0.278 e. The quantitative estimate of drug-likeness (QED) is 0.404. The largest absolute Gasteiger partial charge is 0.384 e.